The quantitative estimate of drug-likeness (QED) is 0.0214. The molecule has 0 unspecified atom stereocenters. The standard InChI is InChI=1S/C15H30N2O6Si.C9H23NO3Si.C7H9NO3.CH4/c1-13(2)14(18)22-10-8-16-15(19)23-12-17(3)9-7-11-24(6,20-4)21-5;1-10(7-8-11)6-5-9-14(4,12-2)13-3;1-6(2)7(10)11-4-3-8-5-9;/h1,7-12H2,2-6H3,(H,16,19);11H,5-9H2,1-4H3;1,3-4H2,2H3;1H4. The van der Waals surface area contributed by atoms with Gasteiger partial charge in [-0.15, -0.1) is 0 Å². The maximum atomic E-state index is 11.5. The van der Waals surface area contributed by atoms with Crippen molar-refractivity contribution >= 4 is 41.2 Å². The van der Waals surface area contributed by atoms with E-state index < -0.39 is 35.2 Å². The molecule has 0 spiro atoms. The molecule has 0 aliphatic carbocycles. The maximum Gasteiger partial charge on any atom is 0.408 e. The highest BCUT2D eigenvalue weighted by Gasteiger charge is 2.28. The maximum absolute atomic E-state index is 11.5. The Bertz CT molecular complexity index is 992. The highest BCUT2D eigenvalue weighted by molar-refractivity contribution is 6.66. The van der Waals surface area contributed by atoms with Gasteiger partial charge in [0.2, 0.25) is 6.08 Å². The molecule has 0 bridgehead atoms. The summed E-state index contributed by atoms with van der Waals surface area (Å²) in [5.41, 5.74) is 0.653. The van der Waals surface area contributed by atoms with E-state index in [1.807, 2.05) is 25.5 Å². The first-order valence-electron chi connectivity index (χ1n) is 15.8. The number of nitrogens with zero attached hydrogens (tertiary/aromatic N) is 3. The number of rotatable bonds is 24. The van der Waals surface area contributed by atoms with Gasteiger partial charge in [0.05, 0.1) is 19.7 Å². The third-order valence-corrected chi connectivity index (χ3v) is 12.7. The highest BCUT2D eigenvalue weighted by atomic mass is 28.4. The second-order valence-electron chi connectivity index (χ2n) is 11.2. The molecule has 18 heteroatoms. The molecule has 0 saturated heterocycles. The summed E-state index contributed by atoms with van der Waals surface area (Å²) in [6.07, 6.45) is 2.73. The van der Waals surface area contributed by atoms with Crippen LogP contribution in [0.2, 0.25) is 25.2 Å². The second kappa shape index (κ2) is 33.4. The number of likely N-dealkylation sites (N-methyl/N-ethyl adjacent to an activating group) is 1. The zero-order valence-electron chi connectivity index (χ0n) is 31.4. The summed E-state index contributed by atoms with van der Waals surface area (Å²) in [7, 11) is 6.72. The third kappa shape index (κ3) is 32.4. The molecule has 50 heavy (non-hydrogen) atoms. The van der Waals surface area contributed by atoms with Crippen LogP contribution >= 0.6 is 0 Å². The van der Waals surface area contributed by atoms with E-state index in [0.29, 0.717) is 11.1 Å². The van der Waals surface area contributed by atoms with Crippen LogP contribution in [0.3, 0.4) is 0 Å². The Hall–Kier alpha value is -2.78. The number of isocyanates is 1. The second-order valence-corrected chi connectivity index (χ2v) is 18.4. The molecule has 0 rings (SSSR count). The SMILES string of the molecule is C.C=C(C)C(=O)OCCN=C=O.C=C(C)C(=O)OCCNC(=O)OCN(C)CCC[Si](C)(OC)OC.CO[Si](C)(CCCN(C)CCO)OC. The summed E-state index contributed by atoms with van der Waals surface area (Å²) in [6, 6.07) is 1.86. The van der Waals surface area contributed by atoms with Crippen LogP contribution in [-0.4, -0.2) is 158 Å². The Balaban J connectivity index is -0.000000345. The number of aliphatic hydroxyl groups excluding tert-OH is 1. The Morgan fingerprint density at radius 3 is 1.62 bits per heavy atom. The molecule has 16 nitrogen and oxygen atoms in total. The Labute approximate surface area is 302 Å². The van der Waals surface area contributed by atoms with E-state index in [4.69, 9.17) is 32.3 Å². The topological polar surface area (TPSA) is 184 Å². The molecule has 2 N–H and O–H groups in total. The van der Waals surface area contributed by atoms with Crippen molar-refractivity contribution in [3.05, 3.63) is 24.3 Å². The minimum atomic E-state index is -2.04. The molecule has 0 radical (unpaired) electrons. The van der Waals surface area contributed by atoms with E-state index in [0.717, 1.165) is 44.6 Å². The number of hydrogen-bond donors (Lipinski definition) is 2. The first-order chi connectivity index (χ1) is 23.0. The van der Waals surface area contributed by atoms with Crippen LogP contribution < -0.4 is 5.32 Å². The molecule has 0 aromatic heterocycles. The zero-order chi connectivity index (χ0) is 38.3. The van der Waals surface area contributed by atoms with Crippen LogP contribution in [-0.2, 0) is 46.3 Å². The van der Waals surface area contributed by atoms with Crippen LogP contribution in [0.5, 0.6) is 0 Å². The fourth-order valence-electron chi connectivity index (χ4n) is 3.25. The van der Waals surface area contributed by atoms with Crippen LogP contribution in [0.1, 0.15) is 34.1 Å². The Morgan fingerprint density at radius 2 is 1.22 bits per heavy atom. The molecule has 0 heterocycles. The van der Waals surface area contributed by atoms with Crippen molar-refractivity contribution in [3.8, 4) is 0 Å². The van der Waals surface area contributed by atoms with Gasteiger partial charge in [0, 0.05) is 52.7 Å². The smallest absolute Gasteiger partial charge is 0.408 e. The van der Waals surface area contributed by atoms with Gasteiger partial charge in [0.25, 0.3) is 0 Å². The van der Waals surface area contributed by atoms with Gasteiger partial charge >= 0.3 is 35.2 Å². The predicted octanol–water partition coefficient (Wildman–Crippen LogP) is 3.22. The summed E-state index contributed by atoms with van der Waals surface area (Å²) >= 11 is 0. The van der Waals surface area contributed by atoms with Crippen molar-refractivity contribution in [1.29, 1.82) is 0 Å². The molecule has 0 aliphatic rings. The molecule has 0 fully saturated rings. The molecular weight excluding hydrogens is 689 g/mol. The van der Waals surface area contributed by atoms with Crippen LogP contribution in [0.25, 0.3) is 0 Å². The Kier molecular flexibility index (Phi) is 36.0. The number of aliphatic hydroxyl groups is 1. The van der Waals surface area contributed by atoms with Crippen LogP contribution in [0, 0.1) is 0 Å². The van der Waals surface area contributed by atoms with E-state index >= 15 is 0 Å². The number of esters is 2. The molecular formula is C32H66N4O12Si2. The number of hydrogen-bond acceptors (Lipinski definition) is 15. The summed E-state index contributed by atoms with van der Waals surface area (Å²) in [5.74, 6) is -0.946. The van der Waals surface area contributed by atoms with Crippen LogP contribution in [0.15, 0.2) is 29.3 Å². The van der Waals surface area contributed by atoms with E-state index in [1.165, 1.54) is 6.08 Å². The van der Waals surface area contributed by atoms with Crippen LogP contribution in [0.4, 0.5) is 4.79 Å². The van der Waals surface area contributed by atoms with E-state index in [1.54, 1.807) is 42.3 Å². The number of carbonyl (C=O) groups excluding carboxylic acids is 4. The number of amides is 1. The molecule has 1 amide bonds. The number of nitrogens with one attached hydrogen (secondary N) is 1. The van der Waals surface area contributed by atoms with Gasteiger partial charge < -0.3 is 47.2 Å². The van der Waals surface area contributed by atoms with Gasteiger partial charge in [0.15, 0.2) is 0 Å². The van der Waals surface area contributed by atoms with Crippen molar-refractivity contribution in [2.75, 3.05) is 102 Å². The molecule has 0 saturated carbocycles. The van der Waals surface area contributed by atoms with E-state index in [9.17, 15) is 19.2 Å². The molecule has 0 aromatic rings. The first kappa shape index (κ1) is 54.0. The van der Waals surface area contributed by atoms with Gasteiger partial charge in [-0.2, -0.15) is 0 Å². The molecule has 0 aliphatic heterocycles. The average molecular weight is 755 g/mol. The largest absolute Gasteiger partial charge is 0.460 e. The van der Waals surface area contributed by atoms with E-state index in [-0.39, 0.29) is 47.1 Å². The van der Waals surface area contributed by atoms with Gasteiger partial charge in [-0.3, -0.25) is 4.90 Å². The lowest BCUT2D eigenvalue weighted by molar-refractivity contribution is -0.139. The minimum absolute atomic E-state index is 0. The summed E-state index contributed by atoms with van der Waals surface area (Å²) in [4.78, 5) is 50.0. The molecule has 0 aromatic carbocycles. The molecule has 0 atom stereocenters. The van der Waals surface area contributed by atoms with Crippen molar-refractivity contribution < 1.29 is 56.2 Å². The lowest BCUT2D eigenvalue weighted by atomic mass is 10.4. The van der Waals surface area contributed by atoms with Gasteiger partial charge in [0.1, 0.15) is 19.9 Å². The normalized spacial score (nSPS) is 10.7. The Morgan fingerprint density at radius 1 is 0.780 bits per heavy atom. The minimum Gasteiger partial charge on any atom is -0.460 e. The van der Waals surface area contributed by atoms with Crippen molar-refractivity contribution in [1.82, 2.24) is 15.1 Å². The highest BCUT2D eigenvalue weighted by Crippen LogP contribution is 2.14. The van der Waals surface area contributed by atoms with Gasteiger partial charge in [-0.25, -0.2) is 24.2 Å². The average Bonchev–Trinajstić information content (AvgIpc) is 3.07. The lowest BCUT2D eigenvalue weighted by Gasteiger charge is -2.24. The number of alkyl carbamates (subject to hydrolysis) is 1. The first-order valence-corrected chi connectivity index (χ1v) is 20.8. The molecule has 294 valence electrons. The third-order valence-electron chi connectivity index (χ3n) is 6.77. The fraction of sp³-hybridized carbons (Fsp3) is 0.750. The monoisotopic (exact) mass is 754 g/mol. The number of ether oxygens (including phenoxy) is 3. The van der Waals surface area contributed by atoms with Crippen molar-refractivity contribution in [2.24, 2.45) is 4.99 Å². The van der Waals surface area contributed by atoms with E-state index in [2.05, 4.69) is 39.7 Å². The lowest BCUT2D eigenvalue weighted by Crippen LogP contribution is -2.37. The van der Waals surface area contributed by atoms with Crippen molar-refractivity contribution in [2.45, 2.75) is 59.3 Å². The summed E-state index contributed by atoms with van der Waals surface area (Å²) in [6.45, 7) is 17.4. The zero-order valence-corrected chi connectivity index (χ0v) is 33.4. The van der Waals surface area contributed by atoms with Gasteiger partial charge in [-0.05, 0) is 72.5 Å². The number of aliphatic imine (C=N–C) groups is 1. The van der Waals surface area contributed by atoms with Gasteiger partial charge in [-0.1, -0.05) is 20.6 Å². The number of carbonyl (C=O) groups is 3. The summed E-state index contributed by atoms with van der Waals surface area (Å²) in [5, 5.41) is 11.2. The fourth-order valence-corrected chi connectivity index (χ4v) is 6.01. The van der Waals surface area contributed by atoms with Crippen molar-refractivity contribution in [3.63, 3.8) is 0 Å². The summed E-state index contributed by atoms with van der Waals surface area (Å²) < 4.78 is 36.1. The predicted molar refractivity (Wildman–Crippen MR) is 198 cm³/mol.